The molecule has 4 heteroatoms. The number of aryl methyl sites for hydroxylation is 1. The van der Waals surface area contributed by atoms with Crippen LogP contribution in [0.1, 0.15) is 57.7 Å². The quantitative estimate of drug-likeness (QED) is 0.906. The van der Waals surface area contributed by atoms with Crippen LogP contribution < -0.4 is 0 Å². The zero-order valence-corrected chi connectivity index (χ0v) is 11.8. The Morgan fingerprint density at radius 3 is 3.11 bits per heavy atom. The molecule has 104 valence electrons. The number of nitrogens with zero attached hydrogens (tertiary/aromatic N) is 3. The van der Waals surface area contributed by atoms with E-state index in [4.69, 9.17) is 0 Å². The first kappa shape index (κ1) is 14.1. The fourth-order valence-corrected chi connectivity index (χ4v) is 3.26. The maximum Gasteiger partial charge on any atom is 0.114 e. The van der Waals surface area contributed by atoms with Gasteiger partial charge >= 0.3 is 0 Å². The summed E-state index contributed by atoms with van der Waals surface area (Å²) < 4.78 is 1.84. The first-order valence-electron chi connectivity index (χ1n) is 7.24. The first-order valence-corrected chi connectivity index (χ1v) is 7.24. The number of hydrogen-bond acceptors (Lipinski definition) is 3. The molecule has 0 aliphatic heterocycles. The van der Waals surface area contributed by atoms with Crippen LogP contribution in [0.2, 0.25) is 0 Å². The van der Waals surface area contributed by atoms with Crippen molar-refractivity contribution in [1.29, 1.82) is 5.26 Å². The predicted octanol–water partition coefficient (Wildman–Crippen LogP) is 3.05. The number of aromatic nitrogens is 2. The van der Waals surface area contributed by atoms with Gasteiger partial charge in [0.05, 0.1) is 17.2 Å². The number of hydrogen-bond donors (Lipinski definition) is 1. The van der Waals surface area contributed by atoms with Crippen molar-refractivity contribution < 1.29 is 5.11 Å². The molecular weight excluding hydrogens is 238 g/mol. The monoisotopic (exact) mass is 261 g/mol. The van der Waals surface area contributed by atoms with Gasteiger partial charge in [-0.05, 0) is 31.2 Å². The minimum atomic E-state index is -0.728. The zero-order valence-electron chi connectivity index (χ0n) is 11.8. The largest absolute Gasteiger partial charge is 0.385 e. The molecule has 0 bridgehead atoms. The van der Waals surface area contributed by atoms with Gasteiger partial charge in [0.2, 0.25) is 0 Å². The summed E-state index contributed by atoms with van der Waals surface area (Å²) in [6.45, 7) is 5.04. The molecule has 0 radical (unpaired) electrons. The van der Waals surface area contributed by atoms with E-state index >= 15 is 0 Å². The van der Waals surface area contributed by atoms with Gasteiger partial charge in [-0.3, -0.25) is 4.68 Å². The molecule has 1 aliphatic rings. The number of aliphatic hydroxyl groups is 1. The standard InChI is InChI=1S/C15H23N3O/c1-3-9-18-13(6-8-17-18)14(19)15(11-16)7-4-5-12(2)10-15/h6,8,12,14,19H,3-5,7,9-10H2,1-2H3. The van der Waals surface area contributed by atoms with Crippen LogP contribution in [0, 0.1) is 22.7 Å². The van der Waals surface area contributed by atoms with E-state index in [9.17, 15) is 10.4 Å². The molecule has 0 saturated heterocycles. The maximum atomic E-state index is 10.7. The minimum Gasteiger partial charge on any atom is -0.385 e. The highest BCUT2D eigenvalue weighted by atomic mass is 16.3. The van der Waals surface area contributed by atoms with Crippen molar-refractivity contribution in [2.24, 2.45) is 11.3 Å². The molecule has 1 aromatic rings. The Morgan fingerprint density at radius 2 is 2.47 bits per heavy atom. The van der Waals surface area contributed by atoms with E-state index in [1.807, 2.05) is 10.7 Å². The van der Waals surface area contributed by atoms with Gasteiger partial charge in [0.25, 0.3) is 0 Å². The van der Waals surface area contributed by atoms with Crippen LogP contribution in [0.15, 0.2) is 12.3 Å². The van der Waals surface area contributed by atoms with Crippen LogP contribution in [0.25, 0.3) is 0 Å². The average molecular weight is 261 g/mol. The van der Waals surface area contributed by atoms with E-state index < -0.39 is 11.5 Å². The molecule has 1 aliphatic carbocycles. The van der Waals surface area contributed by atoms with Gasteiger partial charge in [-0.25, -0.2) is 0 Å². The van der Waals surface area contributed by atoms with Gasteiger partial charge in [0, 0.05) is 12.7 Å². The van der Waals surface area contributed by atoms with Crippen molar-refractivity contribution in [3.8, 4) is 6.07 Å². The van der Waals surface area contributed by atoms with Gasteiger partial charge in [0.15, 0.2) is 0 Å². The third-order valence-electron chi connectivity index (χ3n) is 4.24. The molecule has 4 nitrogen and oxygen atoms in total. The van der Waals surface area contributed by atoms with Crippen LogP contribution in [-0.2, 0) is 6.54 Å². The lowest BCUT2D eigenvalue weighted by atomic mass is 9.67. The fourth-order valence-electron chi connectivity index (χ4n) is 3.26. The second-order valence-electron chi connectivity index (χ2n) is 5.85. The molecule has 0 aromatic carbocycles. The maximum absolute atomic E-state index is 10.7. The first-order chi connectivity index (χ1) is 9.13. The summed E-state index contributed by atoms with van der Waals surface area (Å²) in [7, 11) is 0. The molecule has 1 saturated carbocycles. The van der Waals surface area contributed by atoms with Crippen LogP contribution in [-0.4, -0.2) is 14.9 Å². The highest BCUT2D eigenvalue weighted by Gasteiger charge is 2.43. The second kappa shape index (κ2) is 5.75. The van der Waals surface area contributed by atoms with Crippen molar-refractivity contribution in [3.05, 3.63) is 18.0 Å². The Morgan fingerprint density at radius 1 is 1.68 bits per heavy atom. The van der Waals surface area contributed by atoms with E-state index in [1.54, 1.807) is 6.20 Å². The third-order valence-corrected chi connectivity index (χ3v) is 4.24. The topological polar surface area (TPSA) is 61.8 Å². The van der Waals surface area contributed by atoms with Gasteiger partial charge < -0.3 is 5.11 Å². The Balaban J connectivity index is 2.27. The summed E-state index contributed by atoms with van der Waals surface area (Å²) in [5, 5.41) is 24.6. The van der Waals surface area contributed by atoms with Crippen LogP contribution in [0.3, 0.4) is 0 Å². The van der Waals surface area contributed by atoms with Crippen molar-refractivity contribution in [2.75, 3.05) is 0 Å². The Bertz CT molecular complexity index is 462. The van der Waals surface area contributed by atoms with Gasteiger partial charge in [-0.2, -0.15) is 10.4 Å². The van der Waals surface area contributed by atoms with E-state index in [-0.39, 0.29) is 0 Å². The van der Waals surface area contributed by atoms with Crippen molar-refractivity contribution in [1.82, 2.24) is 9.78 Å². The molecule has 0 spiro atoms. The zero-order chi connectivity index (χ0) is 13.9. The summed E-state index contributed by atoms with van der Waals surface area (Å²) >= 11 is 0. The van der Waals surface area contributed by atoms with Crippen LogP contribution in [0.4, 0.5) is 0 Å². The van der Waals surface area contributed by atoms with Gasteiger partial charge in [-0.1, -0.05) is 26.7 Å². The summed E-state index contributed by atoms with van der Waals surface area (Å²) in [5.41, 5.74) is 0.154. The average Bonchev–Trinajstić information content (AvgIpc) is 2.86. The van der Waals surface area contributed by atoms with Crippen molar-refractivity contribution in [2.45, 2.75) is 58.6 Å². The smallest absolute Gasteiger partial charge is 0.114 e. The Kier molecular flexibility index (Phi) is 4.26. The highest BCUT2D eigenvalue weighted by Crippen LogP contribution is 2.47. The molecule has 1 fully saturated rings. The van der Waals surface area contributed by atoms with Crippen LogP contribution >= 0.6 is 0 Å². The Labute approximate surface area is 115 Å². The summed E-state index contributed by atoms with van der Waals surface area (Å²) in [6, 6.07) is 4.26. The molecule has 3 unspecified atom stereocenters. The molecule has 0 amide bonds. The molecule has 1 N–H and O–H groups in total. The molecule has 2 rings (SSSR count). The van der Waals surface area contributed by atoms with Gasteiger partial charge in [0.1, 0.15) is 6.10 Å². The summed E-state index contributed by atoms with van der Waals surface area (Å²) in [6.07, 6.45) is 5.70. The highest BCUT2D eigenvalue weighted by molar-refractivity contribution is 5.16. The third kappa shape index (κ3) is 2.66. The van der Waals surface area contributed by atoms with Crippen molar-refractivity contribution >= 4 is 0 Å². The molecule has 3 atom stereocenters. The fraction of sp³-hybridized carbons (Fsp3) is 0.733. The van der Waals surface area contributed by atoms with E-state index in [1.165, 1.54) is 0 Å². The lowest BCUT2D eigenvalue weighted by Gasteiger charge is -2.38. The summed E-state index contributed by atoms with van der Waals surface area (Å²) in [5.74, 6) is 0.505. The molecule has 19 heavy (non-hydrogen) atoms. The SMILES string of the molecule is CCCn1nccc1C(O)C1(C#N)CCCC(C)C1. The minimum absolute atomic E-state index is 0.505. The predicted molar refractivity (Wildman–Crippen MR) is 73.2 cm³/mol. The number of nitriles is 1. The lowest BCUT2D eigenvalue weighted by molar-refractivity contribution is 0.0158. The summed E-state index contributed by atoms with van der Waals surface area (Å²) in [4.78, 5) is 0. The lowest BCUT2D eigenvalue weighted by Crippen LogP contribution is -2.34. The number of rotatable bonds is 4. The normalized spacial score (nSPS) is 28.8. The van der Waals surface area contributed by atoms with Crippen molar-refractivity contribution in [3.63, 3.8) is 0 Å². The molecule has 1 heterocycles. The molecular formula is C15H23N3O. The van der Waals surface area contributed by atoms with Crippen LogP contribution in [0.5, 0.6) is 0 Å². The second-order valence-corrected chi connectivity index (χ2v) is 5.85. The molecule has 1 aromatic heterocycles. The van der Waals surface area contributed by atoms with E-state index in [2.05, 4.69) is 25.0 Å². The van der Waals surface area contributed by atoms with E-state index in [0.717, 1.165) is 44.3 Å². The Hall–Kier alpha value is -1.34. The van der Waals surface area contributed by atoms with E-state index in [0.29, 0.717) is 5.92 Å². The van der Waals surface area contributed by atoms with Gasteiger partial charge in [-0.15, -0.1) is 0 Å². The number of aliphatic hydroxyl groups excluding tert-OH is 1.